The zero-order chi connectivity index (χ0) is 13.2. The summed E-state index contributed by atoms with van der Waals surface area (Å²) in [5.74, 6) is 2.22. The van der Waals surface area contributed by atoms with E-state index in [2.05, 4.69) is 27.7 Å². The maximum absolute atomic E-state index is 11.0. The molecule has 0 spiro atoms. The van der Waals surface area contributed by atoms with Crippen molar-refractivity contribution in [3.05, 3.63) is 0 Å². The summed E-state index contributed by atoms with van der Waals surface area (Å²) in [5.41, 5.74) is 0.263. The third-order valence-electron chi connectivity index (χ3n) is 4.65. The molecule has 0 amide bonds. The molecule has 1 saturated carbocycles. The van der Waals surface area contributed by atoms with Crippen LogP contribution in [-0.4, -0.2) is 12.1 Å². The van der Waals surface area contributed by atoms with Crippen molar-refractivity contribution in [1.82, 2.24) is 0 Å². The largest absolute Gasteiger partial charge is 0.463 e. The van der Waals surface area contributed by atoms with E-state index in [1.807, 2.05) is 6.92 Å². The smallest absolute Gasteiger partial charge is 0.302 e. The molecule has 0 aliphatic heterocycles. The predicted octanol–water partition coefficient (Wildman–Crippen LogP) is 4.04. The minimum Gasteiger partial charge on any atom is -0.463 e. The van der Waals surface area contributed by atoms with Crippen molar-refractivity contribution in [2.45, 2.75) is 66.9 Å². The first-order valence-corrected chi connectivity index (χ1v) is 6.91. The van der Waals surface area contributed by atoms with E-state index in [9.17, 15) is 4.79 Å². The molecule has 0 aromatic carbocycles. The van der Waals surface area contributed by atoms with Crippen LogP contribution in [0, 0.1) is 23.2 Å². The van der Waals surface area contributed by atoms with Gasteiger partial charge in [0.2, 0.25) is 0 Å². The molecule has 100 valence electrons. The van der Waals surface area contributed by atoms with Crippen LogP contribution in [0.25, 0.3) is 0 Å². The fraction of sp³-hybridized carbons (Fsp3) is 0.933. The molecule has 3 unspecified atom stereocenters. The molecule has 1 fully saturated rings. The zero-order valence-corrected chi connectivity index (χ0v) is 12.2. The van der Waals surface area contributed by atoms with Gasteiger partial charge in [0.15, 0.2) is 0 Å². The molecule has 0 heterocycles. The van der Waals surface area contributed by atoms with E-state index in [4.69, 9.17) is 4.74 Å². The van der Waals surface area contributed by atoms with Crippen molar-refractivity contribution >= 4 is 5.97 Å². The van der Waals surface area contributed by atoms with Gasteiger partial charge in [-0.05, 0) is 42.9 Å². The highest BCUT2D eigenvalue weighted by atomic mass is 16.5. The molecule has 0 aromatic rings. The average Bonchev–Trinajstić information content (AvgIpc) is 2.45. The van der Waals surface area contributed by atoms with Crippen LogP contribution in [0.3, 0.4) is 0 Å². The van der Waals surface area contributed by atoms with Gasteiger partial charge in [-0.25, -0.2) is 0 Å². The summed E-state index contributed by atoms with van der Waals surface area (Å²) in [6.07, 6.45) is 3.67. The molecule has 2 nitrogen and oxygen atoms in total. The van der Waals surface area contributed by atoms with E-state index < -0.39 is 0 Å². The van der Waals surface area contributed by atoms with E-state index >= 15 is 0 Å². The lowest BCUT2D eigenvalue weighted by Crippen LogP contribution is -2.31. The third-order valence-corrected chi connectivity index (χ3v) is 4.65. The van der Waals surface area contributed by atoms with Gasteiger partial charge in [-0.2, -0.15) is 0 Å². The quantitative estimate of drug-likeness (QED) is 0.693. The third kappa shape index (κ3) is 3.72. The topological polar surface area (TPSA) is 26.3 Å². The molecule has 0 radical (unpaired) electrons. The summed E-state index contributed by atoms with van der Waals surface area (Å²) in [5, 5.41) is 0. The van der Waals surface area contributed by atoms with Gasteiger partial charge in [-0.3, -0.25) is 4.79 Å². The summed E-state index contributed by atoms with van der Waals surface area (Å²) < 4.78 is 5.27. The Morgan fingerprint density at radius 2 is 1.94 bits per heavy atom. The van der Waals surface area contributed by atoms with Gasteiger partial charge >= 0.3 is 5.97 Å². The van der Waals surface area contributed by atoms with Crippen LogP contribution in [0.4, 0.5) is 0 Å². The SMILES string of the molecule is CC(=O)OC(C)CC(C)(C)C1CCC(C)[C@H]1C. The first kappa shape index (κ1) is 14.5. The molecule has 0 aromatic heterocycles. The molecule has 17 heavy (non-hydrogen) atoms. The molecule has 0 bridgehead atoms. The minimum absolute atomic E-state index is 0.0330. The van der Waals surface area contributed by atoms with Crippen LogP contribution in [0.2, 0.25) is 0 Å². The second-order valence-corrected chi connectivity index (χ2v) is 6.63. The minimum atomic E-state index is -0.166. The number of esters is 1. The van der Waals surface area contributed by atoms with Crippen LogP contribution >= 0.6 is 0 Å². The molecular weight excluding hydrogens is 212 g/mol. The lowest BCUT2D eigenvalue weighted by atomic mass is 9.70. The highest BCUT2D eigenvalue weighted by molar-refractivity contribution is 5.66. The highest BCUT2D eigenvalue weighted by Gasteiger charge is 2.40. The van der Waals surface area contributed by atoms with Crippen LogP contribution in [0.1, 0.15) is 60.8 Å². The van der Waals surface area contributed by atoms with Crippen LogP contribution in [-0.2, 0) is 9.53 Å². The van der Waals surface area contributed by atoms with E-state index in [0.29, 0.717) is 0 Å². The molecule has 2 heteroatoms. The summed E-state index contributed by atoms with van der Waals surface area (Å²) >= 11 is 0. The lowest BCUT2D eigenvalue weighted by Gasteiger charge is -2.37. The first-order valence-electron chi connectivity index (χ1n) is 6.91. The van der Waals surface area contributed by atoms with E-state index in [0.717, 1.165) is 24.2 Å². The van der Waals surface area contributed by atoms with Gasteiger partial charge in [-0.1, -0.05) is 34.1 Å². The van der Waals surface area contributed by atoms with Gasteiger partial charge in [0, 0.05) is 6.92 Å². The standard InChI is InChI=1S/C15H28O2/c1-10-7-8-14(12(10)3)15(5,6)9-11(2)17-13(4)16/h10-12,14H,7-9H2,1-6H3/t10?,11?,12-,14?/m1/s1. The second kappa shape index (κ2) is 5.41. The van der Waals surface area contributed by atoms with Crippen molar-refractivity contribution in [1.29, 1.82) is 0 Å². The number of carbonyl (C=O) groups excluding carboxylic acids is 1. The monoisotopic (exact) mass is 240 g/mol. The highest BCUT2D eigenvalue weighted by Crippen LogP contribution is 2.48. The molecule has 4 atom stereocenters. The van der Waals surface area contributed by atoms with Gasteiger partial charge in [0.1, 0.15) is 0 Å². The number of hydrogen-bond acceptors (Lipinski definition) is 2. The fourth-order valence-corrected chi connectivity index (χ4v) is 3.68. The average molecular weight is 240 g/mol. The van der Waals surface area contributed by atoms with Crippen molar-refractivity contribution in [2.75, 3.05) is 0 Å². The van der Waals surface area contributed by atoms with Crippen LogP contribution in [0.15, 0.2) is 0 Å². The molecule has 1 aliphatic rings. The van der Waals surface area contributed by atoms with Crippen molar-refractivity contribution in [2.24, 2.45) is 23.2 Å². The van der Waals surface area contributed by atoms with Crippen LogP contribution < -0.4 is 0 Å². The maximum atomic E-state index is 11.0. The lowest BCUT2D eigenvalue weighted by molar-refractivity contribution is -0.147. The molecular formula is C15H28O2. The Morgan fingerprint density at radius 1 is 1.35 bits per heavy atom. The van der Waals surface area contributed by atoms with E-state index in [-0.39, 0.29) is 17.5 Å². The number of ether oxygens (including phenoxy) is 1. The Morgan fingerprint density at radius 3 is 2.35 bits per heavy atom. The van der Waals surface area contributed by atoms with E-state index in [1.54, 1.807) is 0 Å². The summed E-state index contributed by atoms with van der Waals surface area (Å²) in [6, 6.07) is 0. The zero-order valence-electron chi connectivity index (χ0n) is 12.2. The molecule has 0 N–H and O–H groups in total. The van der Waals surface area contributed by atoms with Gasteiger partial charge in [0.25, 0.3) is 0 Å². The predicted molar refractivity (Wildman–Crippen MR) is 70.7 cm³/mol. The van der Waals surface area contributed by atoms with Gasteiger partial charge in [-0.15, -0.1) is 0 Å². The number of rotatable bonds is 4. The Hall–Kier alpha value is -0.530. The first-order chi connectivity index (χ1) is 7.74. The van der Waals surface area contributed by atoms with Crippen molar-refractivity contribution < 1.29 is 9.53 Å². The van der Waals surface area contributed by atoms with Gasteiger partial charge < -0.3 is 4.74 Å². The Kier molecular flexibility index (Phi) is 4.62. The van der Waals surface area contributed by atoms with Gasteiger partial charge in [0.05, 0.1) is 6.10 Å². The molecule has 0 saturated heterocycles. The number of hydrogen-bond donors (Lipinski definition) is 0. The Labute approximate surface area is 106 Å². The molecule has 1 rings (SSSR count). The Balaban J connectivity index is 2.58. The normalized spacial score (nSPS) is 31.3. The molecule has 1 aliphatic carbocycles. The number of carbonyl (C=O) groups is 1. The summed E-state index contributed by atoms with van der Waals surface area (Å²) in [7, 11) is 0. The van der Waals surface area contributed by atoms with Crippen molar-refractivity contribution in [3.63, 3.8) is 0 Å². The fourth-order valence-electron chi connectivity index (χ4n) is 3.68. The van der Waals surface area contributed by atoms with Crippen LogP contribution in [0.5, 0.6) is 0 Å². The Bertz CT molecular complexity index is 270. The maximum Gasteiger partial charge on any atom is 0.302 e. The van der Waals surface area contributed by atoms with E-state index in [1.165, 1.54) is 19.8 Å². The van der Waals surface area contributed by atoms with Crippen molar-refractivity contribution in [3.8, 4) is 0 Å². The summed E-state index contributed by atoms with van der Waals surface area (Å²) in [6.45, 7) is 12.9. The second-order valence-electron chi connectivity index (χ2n) is 6.63. The summed E-state index contributed by atoms with van der Waals surface area (Å²) in [4.78, 5) is 11.0.